The third-order valence-electron chi connectivity index (χ3n) is 7.33. The van der Waals surface area contributed by atoms with Gasteiger partial charge >= 0.3 is 7.82 Å². The van der Waals surface area contributed by atoms with Gasteiger partial charge in [-0.1, -0.05) is 71.3 Å². The Balaban J connectivity index is 1.58. The molecule has 9 nitrogen and oxygen atoms in total. The summed E-state index contributed by atoms with van der Waals surface area (Å²) in [6, 6.07) is 16.0. The highest BCUT2D eigenvalue weighted by molar-refractivity contribution is 7.47. The minimum absolute atomic E-state index is 0.134. The molecule has 0 saturated carbocycles. The third kappa shape index (κ3) is 9.35. The number of phenolic OH excluding ortho intramolecular Hbond substituents is 2. The predicted molar refractivity (Wildman–Crippen MR) is 178 cm³/mol. The second-order valence-electron chi connectivity index (χ2n) is 11.4. The number of phenols is 2. The summed E-state index contributed by atoms with van der Waals surface area (Å²) < 4.78 is 23.3. The van der Waals surface area contributed by atoms with Crippen LogP contribution in [0.3, 0.4) is 0 Å². The number of hydrogen-bond donors (Lipinski definition) is 4. The molecule has 0 spiro atoms. The second kappa shape index (κ2) is 15.1. The molecule has 1 aliphatic heterocycles. The summed E-state index contributed by atoms with van der Waals surface area (Å²) in [6.07, 6.45) is 10.1. The molecule has 0 fully saturated rings. The summed E-state index contributed by atoms with van der Waals surface area (Å²) in [4.78, 5) is 25.7. The van der Waals surface area contributed by atoms with Crippen molar-refractivity contribution in [3.63, 3.8) is 0 Å². The number of phosphoric acid groups is 1. The van der Waals surface area contributed by atoms with Crippen LogP contribution in [0.4, 0.5) is 17.1 Å². The number of hydrogen-bond acceptors (Lipinski definition) is 7. The first-order valence-corrected chi connectivity index (χ1v) is 16.4. The van der Waals surface area contributed by atoms with Crippen molar-refractivity contribution >= 4 is 30.8 Å². The van der Waals surface area contributed by atoms with Crippen LogP contribution < -0.4 is 14.7 Å². The van der Waals surface area contributed by atoms with Gasteiger partial charge in [0.2, 0.25) is 0 Å². The maximum absolute atomic E-state index is 13.9. The van der Waals surface area contributed by atoms with E-state index in [0.717, 1.165) is 37.3 Å². The number of para-hydroxylation sites is 1. The number of allylic oxidation sites excluding steroid dienone is 5. The number of fused-ring (bicyclic) bond motifs is 2. The van der Waals surface area contributed by atoms with Crippen molar-refractivity contribution in [2.45, 2.75) is 60.0 Å². The minimum Gasteiger partial charge on any atom is -0.506 e. The molecule has 0 aromatic heterocycles. The quantitative estimate of drug-likeness (QED) is 0.0835. The van der Waals surface area contributed by atoms with Crippen LogP contribution in [0.2, 0.25) is 0 Å². The van der Waals surface area contributed by atoms with Gasteiger partial charge in [0.05, 0.1) is 23.5 Å². The van der Waals surface area contributed by atoms with Crippen molar-refractivity contribution in [2.24, 2.45) is 0 Å². The molecule has 45 heavy (non-hydrogen) atoms. The number of phosphoric ester groups is 1. The number of anilines is 3. The highest BCUT2D eigenvalue weighted by Crippen LogP contribution is 2.50. The average molecular weight is 633 g/mol. The first kappa shape index (κ1) is 33.6. The van der Waals surface area contributed by atoms with E-state index in [1.54, 1.807) is 36.4 Å². The van der Waals surface area contributed by atoms with Crippen LogP contribution >= 0.6 is 7.82 Å². The van der Waals surface area contributed by atoms with Gasteiger partial charge in [-0.25, -0.2) is 4.57 Å². The van der Waals surface area contributed by atoms with Crippen LogP contribution in [0.1, 0.15) is 69.3 Å². The molecule has 238 valence electrons. The predicted octanol–water partition coefficient (Wildman–Crippen LogP) is 8.92. The van der Waals surface area contributed by atoms with E-state index >= 15 is 0 Å². The highest BCUT2D eigenvalue weighted by atomic mass is 31.2. The number of carbonyl (C=O) groups is 1. The van der Waals surface area contributed by atoms with E-state index in [9.17, 15) is 24.5 Å². The van der Waals surface area contributed by atoms with Gasteiger partial charge in [-0.05, 0) is 71.1 Å². The first-order chi connectivity index (χ1) is 21.4. The number of benzene rings is 3. The van der Waals surface area contributed by atoms with Crippen molar-refractivity contribution in [3.05, 3.63) is 107 Å². The van der Waals surface area contributed by atoms with Gasteiger partial charge in [0.1, 0.15) is 22.9 Å². The maximum atomic E-state index is 13.9. The van der Waals surface area contributed by atoms with Crippen molar-refractivity contribution in [1.29, 1.82) is 0 Å². The van der Waals surface area contributed by atoms with Crippen molar-refractivity contribution in [1.82, 2.24) is 0 Å². The molecule has 10 heteroatoms. The zero-order chi connectivity index (χ0) is 32.6. The van der Waals surface area contributed by atoms with Crippen LogP contribution in [0.5, 0.6) is 17.2 Å². The molecule has 3 aromatic carbocycles. The van der Waals surface area contributed by atoms with Crippen molar-refractivity contribution < 1.29 is 33.5 Å². The number of amides is 1. The molecule has 1 heterocycles. The summed E-state index contributed by atoms with van der Waals surface area (Å²) in [7, 11) is -4.61. The van der Waals surface area contributed by atoms with Gasteiger partial charge < -0.3 is 25.0 Å². The molecule has 4 rings (SSSR count). The Bertz CT molecular complexity index is 1660. The number of rotatable bonds is 13. The van der Waals surface area contributed by atoms with E-state index in [1.165, 1.54) is 28.2 Å². The van der Waals surface area contributed by atoms with Crippen LogP contribution in [0.15, 0.2) is 95.6 Å². The molecule has 1 unspecified atom stereocenters. The van der Waals surface area contributed by atoms with E-state index in [-0.39, 0.29) is 53.0 Å². The van der Waals surface area contributed by atoms with Crippen molar-refractivity contribution in [2.75, 3.05) is 16.8 Å². The van der Waals surface area contributed by atoms with E-state index in [2.05, 4.69) is 38.2 Å². The lowest BCUT2D eigenvalue weighted by Crippen LogP contribution is -2.30. The van der Waals surface area contributed by atoms with Gasteiger partial charge in [-0.3, -0.25) is 14.2 Å². The maximum Gasteiger partial charge on any atom is 0.527 e. The fraction of sp³-hybridized carbons (Fsp3) is 0.286. The normalized spacial score (nSPS) is 14.5. The third-order valence-corrected chi connectivity index (χ3v) is 8.23. The lowest BCUT2D eigenvalue weighted by Gasteiger charge is -2.23. The fourth-order valence-electron chi connectivity index (χ4n) is 4.87. The number of aromatic hydroxyl groups is 2. The minimum atomic E-state index is -4.61. The van der Waals surface area contributed by atoms with Crippen LogP contribution in [-0.2, 0) is 15.7 Å². The number of carbonyl (C=O) groups excluding carboxylic acids is 1. The Morgan fingerprint density at radius 2 is 1.56 bits per heavy atom. The van der Waals surface area contributed by atoms with Gasteiger partial charge in [-0.15, -0.1) is 0 Å². The standard InChI is InChI=1S/C35H41N2O7P/c1-24(2)11-8-12-25(3)13-9-14-26(4)19-20-37-30-21-28(44-45(41,42)43-23-27-15-6-5-7-16-27)22-32(39)34(30)36-33-29(35(37)40)17-10-18-31(33)38/h5-7,10-11,13,15-19,21-22,36,38-39H,8-9,12,14,20,23H2,1-4H3,(H,41,42). The lowest BCUT2D eigenvalue weighted by molar-refractivity contribution is 0.0991. The molecule has 0 bridgehead atoms. The molecular formula is C35H41N2O7P. The Labute approximate surface area is 264 Å². The van der Waals surface area contributed by atoms with Crippen LogP contribution in [0, 0.1) is 0 Å². The Hall–Kier alpha value is -4.30. The molecule has 1 atom stereocenters. The summed E-state index contributed by atoms with van der Waals surface area (Å²) in [6.45, 7) is 8.30. The molecule has 3 aromatic rings. The largest absolute Gasteiger partial charge is 0.527 e. The summed E-state index contributed by atoms with van der Waals surface area (Å²) in [5, 5.41) is 24.6. The monoisotopic (exact) mass is 632 g/mol. The zero-order valence-corrected chi connectivity index (χ0v) is 27.0. The molecule has 0 aliphatic carbocycles. The summed E-state index contributed by atoms with van der Waals surface area (Å²) >= 11 is 0. The van der Waals surface area contributed by atoms with Gasteiger partial charge in [0.15, 0.2) is 0 Å². The van der Waals surface area contributed by atoms with E-state index in [4.69, 9.17) is 9.05 Å². The Kier molecular flexibility index (Phi) is 11.3. The lowest BCUT2D eigenvalue weighted by atomic mass is 10.1. The number of nitrogens with zero attached hydrogens (tertiary/aromatic N) is 1. The van der Waals surface area contributed by atoms with Crippen LogP contribution in [0.25, 0.3) is 0 Å². The molecule has 1 aliphatic rings. The first-order valence-electron chi connectivity index (χ1n) is 14.9. The smallest absolute Gasteiger partial charge is 0.506 e. The van der Waals surface area contributed by atoms with Gasteiger partial charge in [-0.2, -0.15) is 0 Å². The zero-order valence-electron chi connectivity index (χ0n) is 26.1. The van der Waals surface area contributed by atoms with E-state index < -0.39 is 13.7 Å². The van der Waals surface area contributed by atoms with E-state index in [1.807, 2.05) is 19.1 Å². The average Bonchev–Trinajstić information content (AvgIpc) is 3.10. The SMILES string of the molecule is CC(C)=CCCC(C)=CCCC(C)=CCN1C(=O)c2cccc(O)c2Nc2c(O)cc(OP(=O)(O)OCc3ccccc3)cc21. The molecule has 0 radical (unpaired) electrons. The Morgan fingerprint density at radius 1 is 0.867 bits per heavy atom. The molecule has 4 N–H and O–H groups in total. The van der Waals surface area contributed by atoms with Crippen LogP contribution in [-0.4, -0.2) is 27.6 Å². The summed E-state index contributed by atoms with van der Waals surface area (Å²) in [5.74, 6) is -1.13. The molecular weight excluding hydrogens is 591 g/mol. The Morgan fingerprint density at radius 3 is 2.27 bits per heavy atom. The van der Waals surface area contributed by atoms with Crippen molar-refractivity contribution in [3.8, 4) is 17.2 Å². The van der Waals surface area contributed by atoms with E-state index in [0.29, 0.717) is 5.56 Å². The summed E-state index contributed by atoms with van der Waals surface area (Å²) in [5.41, 5.74) is 5.07. The highest BCUT2D eigenvalue weighted by Gasteiger charge is 2.31. The second-order valence-corrected chi connectivity index (χ2v) is 12.7. The topological polar surface area (TPSA) is 129 Å². The van der Waals surface area contributed by atoms with Gasteiger partial charge in [0, 0.05) is 18.7 Å². The molecule has 0 saturated heterocycles. The number of nitrogens with one attached hydrogen (secondary N) is 1. The van der Waals surface area contributed by atoms with Gasteiger partial charge in [0.25, 0.3) is 5.91 Å². The molecule has 1 amide bonds. The fourth-order valence-corrected chi connectivity index (χ4v) is 5.60.